The number of ether oxygens (including phenoxy) is 1. The second-order valence-electron chi connectivity index (χ2n) is 5.78. The van der Waals surface area contributed by atoms with E-state index in [-0.39, 0.29) is 11.4 Å². The molecule has 0 aliphatic carbocycles. The van der Waals surface area contributed by atoms with E-state index in [1.807, 2.05) is 6.92 Å². The Balaban J connectivity index is 2.27. The first-order valence-corrected chi connectivity index (χ1v) is 9.96. The Morgan fingerprint density at radius 1 is 1.15 bits per heavy atom. The Hall–Kier alpha value is -2.68. The molecule has 0 bridgehead atoms. The van der Waals surface area contributed by atoms with Gasteiger partial charge in [0.2, 0.25) is 15.9 Å². The molecule has 0 aliphatic rings. The largest absolute Gasteiger partial charge is 0.494 e. The monoisotopic (exact) mass is 398 g/mol. The van der Waals surface area contributed by atoms with Gasteiger partial charge < -0.3 is 10.1 Å². The number of carbonyl (C=O) groups excluding carboxylic acids is 1. The third-order valence-electron chi connectivity index (χ3n) is 3.68. The van der Waals surface area contributed by atoms with Crippen molar-refractivity contribution in [2.24, 2.45) is 0 Å². The first kappa shape index (κ1) is 20.6. The second-order valence-corrected chi connectivity index (χ2v) is 7.64. The summed E-state index contributed by atoms with van der Waals surface area (Å²) >= 11 is 0. The maximum Gasteiger partial charge on any atom is 0.247 e. The Morgan fingerprint density at radius 3 is 2.30 bits per heavy atom. The van der Waals surface area contributed by atoms with Crippen molar-refractivity contribution in [1.82, 2.24) is 0 Å². The van der Waals surface area contributed by atoms with Crippen LogP contribution in [0.3, 0.4) is 0 Å². The van der Waals surface area contributed by atoms with Crippen LogP contribution in [0.1, 0.15) is 13.8 Å². The van der Waals surface area contributed by atoms with Crippen molar-refractivity contribution < 1.29 is 26.7 Å². The SMILES string of the molecule is CCOc1ccc(N([C@H](C)C(=O)Nc2ccc(F)c(F)c2)S(C)(=O)=O)cc1. The van der Waals surface area contributed by atoms with Gasteiger partial charge >= 0.3 is 0 Å². The van der Waals surface area contributed by atoms with E-state index in [0.29, 0.717) is 12.4 Å². The van der Waals surface area contributed by atoms with E-state index in [2.05, 4.69) is 5.32 Å². The maximum absolute atomic E-state index is 13.3. The lowest BCUT2D eigenvalue weighted by molar-refractivity contribution is -0.116. The standard InChI is InChI=1S/C18H20F2N2O4S/c1-4-26-15-8-6-14(7-9-15)22(27(3,24)25)12(2)18(23)21-13-5-10-16(19)17(20)11-13/h5-12H,4H2,1-3H3,(H,21,23)/t12-/m1/s1. The van der Waals surface area contributed by atoms with Gasteiger partial charge in [-0.3, -0.25) is 9.10 Å². The molecule has 0 saturated carbocycles. The highest BCUT2D eigenvalue weighted by Gasteiger charge is 2.29. The highest BCUT2D eigenvalue weighted by atomic mass is 32.2. The number of hydrogen-bond donors (Lipinski definition) is 1. The molecule has 0 spiro atoms. The van der Waals surface area contributed by atoms with E-state index >= 15 is 0 Å². The molecule has 6 nitrogen and oxygen atoms in total. The fraction of sp³-hybridized carbons (Fsp3) is 0.278. The fourth-order valence-corrected chi connectivity index (χ4v) is 3.66. The summed E-state index contributed by atoms with van der Waals surface area (Å²) in [5, 5.41) is 2.39. The highest BCUT2D eigenvalue weighted by molar-refractivity contribution is 7.92. The molecule has 0 aromatic heterocycles. The van der Waals surface area contributed by atoms with E-state index in [9.17, 15) is 22.0 Å². The first-order chi connectivity index (χ1) is 12.6. The van der Waals surface area contributed by atoms with Crippen LogP contribution in [-0.2, 0) is 14.8 Å². The summed E-state index contributed by atoms with van der Waals surface area (Å²) in [5.74, 6) is -2.30. The van der Waals surface area contributed by atoms with Crippen molar-refractivity contribution in [3.05, 3.63) is 54.1 Å². The number of sulfonamides is 1. The molecule has 27 heavy (non-hydrogen) atoms. The third-order valence-corrected chi connectivity index (χ3v) is 4.92. The van der Waals surface area contributed by atoms with Crippen molar-refractivity contribution >= 4 is 27.3 Å². The van der Waals surface area contributed by atoms with Crippen LogP contribution in [0.2, 0.25) is 0 Å². The van der Waals surface area contributed by atoms with Gasteiger partial charge in [0.15, 0.2) is 11.6 Å². The molecule has 2 rings (SSSR count). The van der Waals surface area contributed by atoms with Gasteiger partial charge in [-0.2, -0.15) is 0 Å². The van der Waals surface area contributed by atoms with Gasteiger partial charge in [-0.05, 0) is 50.2 Å². The van der Waals surface area contributed by atoms with E-state index in [0.717, 1.165) is 22.7 Å². The molecule has 2 aromatic carbocycles. The minimum atomic E-state index is -3.80. The van der Waals surface area contributed by atoms with Gasteiger partial charge in [-0.25, -0.2) is 17.2 Å². The van der Waals surface area contributed by atoms with Crippen LogP contribution in [0.25, 0.3) is 0 Å². The predicted molar refractivity (Wildman–Crippen MR) is 99.4 cm³/mol. The third kappa shape index (κ3) is 5.16. The lowest BCUT2D eigenvalue weighted by Crippen LogP contribution is -2.45. The van der Waals surface area contributed by atoms with E-state index in [1.54, 1.807) is 12.1 Å². The fourth-order valence-electron chi connectivity index (χ4n) is 2.49. The van der Waals surface area contributed by atoms with Crippen LogP contribution in [0.15, 0.2) is 42.5 Å². The molecule has 0 heterocycles. The Bertz CT molecular complexity index is 917. The van der Waals surface area contributed by atoms with E-state index in [4.69, 9.17) is 4.74 Å². The first-order valence-electron chi connectivity index (χ1n) is 8.11. The molecule has 0 fully saturated rings. The van der Waals surface area contributed by atoms with Crippen molar-refractivity contribution in [2.45, 2.75) is 19.9 Å². The van der Waals surface area contributed by atoms with Gasteiger partial charge in [0, 0.05) is 11.8 Å². The molecule has 1 N–H and O–H groups in total. The van der Waals surface area contributed by atoms with Gasteiger partial charge in [0.1, 0.15) is 11.8 Å². The van der Waals surface area contributed by atoms with Gasteiger partial charge in [0.25, 0.3) is 0 Å². The molecular weight excluding hydrogens is 378 g/mol. The van der Waals surface area contributed by atoms with Crippen LogP contribution in [-0.4, -0.2) is 33.2 Å². The number of rotatable bonds is 7. The van der Waals surface area contributed by atoms with Crippen molar-refractivity contribution in [3.63, 3.8) is 0 Å². The summed E-state index contributed by atoms with van der Waals surface area (Å²) in [6, 6.07) is 7.98. The van der Waals surface area contributed by atoms with Crippen LogP contribution >= 0.6 is 0 Å². The number of nitrogens with one attached hydrogen (secondary N) is 1. The van der Waals surface area contributed by atoms with Crippen LogP contribution < -0.4 is 14.4 Å². The Morgan fingerprint density at radius 2 is 1.78 bits per heavy atom. The summed E-state index contributed by atoms with van der Waals surface area (Å²) < 4.78 is 57.1. The average Bonchev–Trinajstić information content (AvgIpc) is 2.59. The quantitative estimate of drug-likeness (QED) is 0.777. The molecular formula is C18H20F2N2O4S. The Kier molecular flexibility index (Phi) is 6.37. The minimum absolute atomic E-state index is 0.0193. The minimum Gasteiger partial charge on any atom is -0.494 e. The summed E-state index contributed by atoms with van der Waals surface area (Å²) in [5.41, 5.74) is 0.291. The number of nitrogens with zero attached hydrogens (tertiary/aromatic N) is 1. The van der Waals surface area contributed by atoms with Crippen LogP contribution in [0.4, 0.5) is 20.2 Å². The highest BCUT2D eigenvalue weighted by Crippen LogP contribution is 2.24. The predicted octanol–water partition coefficient (Wildman–Crippen LogP) is 3.16. The van der Waals surface area contributed by atoms with E-state index < -0.39 is 33.6 Å². The molecule has 0 saturated heterocycles. The average molecular weight is 398 g/mol. The molecule has 9 heteroatoms. The summed E-state index contributed by atoms with van der Waals surface area (Å²) in [6.07, 6.45) is 0.977. The number of hydrogen-bond acceptors (Lipinski definition) is 4. The topological polar surface area (TPSA) is 75.7 Å². The summed E-state index contributed by atoms with van der Waals surface area (Å²) in [6.45, 7) is 3.68. The zero-order valence-corrected chi connectivity index (χ0v) is 15.9. The van der Waals surface area contributed by atoms with Gasteiger partial charge in [-0.15, -0.1) is 0 Å². The molecule has 1 amide bonds. The number of amides is 1. The van der Waals surface area contributed by atoms with Crippen molar-refractivity contribution in [3.8, 4) is 5.75 Å². The Labute approximate surface area is 156 Å². The van der Waals surface area contributed by atoms with Crippen molar-refractivity contribution in [2.75, 3.05) is 22.5 Å². The maximum atomic E-state index is 13.3. The van der Waals surface area contributed by atoms with Crippen molar-refractivity contribution in [1.29, 1.82) is 0 Å². The van der Waals surface area contributed by atoms with E-state index in [1.165, 1.54) is 25.1 Å². The molecule has 146 valence electrons. The van der Waals surface area contributed by atoms with Crippen LogP contribution in [0.5, 0.6) is 5.75 Å². The lowest BCUT2D eigenvalue weighted by atomic mass is 10.2. The normalized spacial score (nSPS) is 12.3. The molecule has 0 aliphatic heterocycles. The zero-order chi connectivity index (χ0) is 20.2. The number of benzene rings is 2. The smallest absolute Gasteiger partial charge is 0.247 e. The molecule has 2 aromatic rings. The summed E-state index contributed by atoms with van der Waals surface area (Å²) in [4.78, 5) is 12.5. The number of carbonyl (C=O) groups is 1. The number of anilines is 2. The lowest BCUT2D eigenvalue weighted by Gasteiger charge is -2.28. The zero-order valence-electron chi connectivity index (χ0n) is 15.1. The molecule has 0 radical (unpaired) electrons. The summed E-state index contributed by atoms with van der Waals surface area (Å²) in [7, 11) is -3.80. The molecule has 1 atom stereocenters. The van der Waals surface area contributed by atoms with Gasteiger partial charge in [-0.1, -0.05) is 0 Å². The van der Waals surface area contributed by atoms with Crippen LogP contribution in [0, 0.1) is 11.6 Å². The van der Waals surface area contributed by atoms with Gasteiger partial charge in [0.05, 0.1) is 18.6 Å². The molecule has 0 unspecified atom stereocenters. The second kappa shape index (κ2) is 8.34. The number of halogens is 2.